The molecule has 0 unspecified atom stereocenters. The summed E-state index contributed by atoms with van der Waals surface area (Å²) in [5, 5.41) is 9.24. The summed E-state index contributed by atoms with van der Waals surface area (Å²) < 4.78 is 0.959. The maximum absolute atomic E-state index is 12.2. The molecule has 0 atom stereocenters. The summed E-state index contributed by atoms with van der Waals surface area (Å²) in [4.78, 5) is 14.0. The van der Waals surface area contributed by atoms with Crippen LogP contribution in [0.1, 0.15) is 28.8 Å². The molecule has 0 saturated heterocycles. The summed E-state index contributed by atoms with van der Waals surface area (Å²) in [6, 6.07) is 5.66. The molecule has 3 nitrogen and oxygen atoms in total. The van der Waals surface area contributed by atoms with Gasteiger partial charge in [0.1, 0.15) is 0 Å². The highest BCUT2D eigenvalue weighted by atomic mass is 79.9. The number of nitrogens with zero attached hydrogens (tertiary/aromatic N) is 1. The van der Waals surface area contributed by atoms with Gasteiger partial charge in [0.05, 0.1) is 6.10 Å². The fourth-order valence-electron chi connectivity index (χ4n) is 2.27. The molecule has 98 valence electrons. The Morgan fingerprint density at radius 3 is 2.72 bits per heavy atom. The standard InChI is InChI=1S/C14H18BrNO2/c1-9-3-4-11(7-13(9)15)14(18)16(2)8-10-5-12(17)6-10/h3-4,7,10,12,17H,5-6,8H2,1-2H3. The van der Waals surface area contributed by atoms with E-state index in [1.54, 1.807) is 4.90 Å². The number of amides is 1. The van der Waals surface area contributed by atoms with Gasteiger partial charge in [0.15, 0.2) is 0 Å². The maximum Gasteiger partial charge on any atom is 0.253 e. The molecule has 1 aliphatic carbocycles. The first-order valence-corrected chi connectivity index (χ1v) is 6.96. The van der Waals surface area contributed by atoms with E-state index in [4.69, 9.17) is 0 Å². The predicted octanol–water partition coefficient (Wildman–Crippen LogP) is 2.60. The molecular weight excluding hydrogens is 294 g/mol. The van der Waals surface area contributed by atoms with Crippen molar-refractivity contribution in [3.8, 4) is 0 Å². The number of aliphatic hydroxyl groups excluding tert-OH is 1. The van der Waals surface area contributed by atoms with Gasteiger partial charge in [0.25, 0.3) is 5.91 Å². The van der Waals surface area contributed by atoms with E-state index in [0.29, 0.717) is 11.5 Å². The molecule has 1 aromatic carbocycles. The van der Waals surface area contributed by atoms with Crippen molar-refractivity contribution in [3.05, 3.63) is 33.8 Å². The monoisotopic (exact) mass is 311 g/mol. The number of benzene rings is 1. The van der Waals surface area contributed by atoms with E-state index in [9.17, 15) is 9.90 Å². The first kappa shape index (κ1) is 13.6. The lowest BCUT2D eigenvalue weighted by molar-refractivity contribution is 0.0265. The number of rotatable bonds is 3. The van der Waals surface area contributed by atoms with Crippen molar-refractivity contribution in [2.75, 3.05) is 13.6 Å². The van der Waals surface area contributed by atoms with Crippen molar-refractivity contribution in [3.63, 3.8) is 0 Å². The van der Waals surface area contributed by atoms with Crippen LogP contribution >= 0.6 is 15.9 Å². The Hall–Kier alpha value is -0.870. The van der Waals surface area contributed by atoms with E-state index in [1.807, 2.05) is 32.2 Å². The van der Waals surface area contributed by atoms with Gasteiger partial charge >= 0.3 is 0 Å². The van der Waals surface area contributed by atoms with Gasteiger partial charge in [-0.15, -0.1) is 0 Å². The van der Waals surface area contributed by atoms with E-state index in [2.05, 4.69) is 15.9 Å². The third-order valence-electron chi connectivity index (χ3n) is 3.51. The first-order valence-electron chi connectivity index (χ1n) is 6.17. The highest BCUT2D eigenvalue weighted by Crippen LogP contribution is 2.28. The average Bonchev–Trinajstić information content (AvgIpc) is 2.29. The zero-order valence-corrected chi connectivity index (χ0v) is 12.3. The third kappa shape index (κ3) is 2.93. The number of carbonyl (C=O) groups is 1. The first-order chi connectivity index (χ1) is 8.47. The molecular formula is C14H18BrNO2. The summed E-state index contributed by atoms with van der Waals surface area (Å²) in [7, 11) is 1.82. The largest absolute Gasteiger partial charge is 0.393 e. The molecule has 0 bridgehead atoms. The van der Waals surface area contributed by atoms with Gasteiger partial charge in [0, 0.05) is 23.6 Å². The molecule has 0 spiro atoms. The normalized spacial score (nSPS) is 22.4. The number of halogens is 1. The third-order valence-corrected chi connectivity index (χ3v) is 4.36. The summed E-state index contributed by atoms with van der Waals surface area (Å²) >= 11 is 3.44. The Labute approximate surface area is 116 Å². The van der Waals surface area contributed by atoms with Crippen LogP contribution in [0.2, 0.25) is 0 Å². The van der Waals surface area contributed by atoms with E-state index in [-0.39, 0.29) is 12.0 Å². The van der Waals surface area contributed by atoms with Crippen LogP contribution in [0.15, 0.2) is 22.7 Å². The molecule has 0 aromatic heterocycles. The second-order valence-electron chi connectivity index (χ2n) is 5.14. The highest BCUT2D eigenvalue weighted by Gasteiger charge is 2.29. The number of aliphatic hydroxyl groups is 1. The topological polar surface area (TPSA) is 40.5 Å². The van der Waals surface area contributed by atoms with Crippen molar-refractivity contribution in [2.45, 2.75) is 25.9 Å². The van der Waals surface area contributed by atoms with Crippen molar-refractivity contribution in [1.29, 1.82) is 0 Å². The molecule has 4 heteroatoms. The molecule has 2 rings (SSSR count). The number of hydrogen-bond acceptors (Lipinski definition) is 2. The quantitative estimate of drug-likeness (QED) is 0.932. The van der Waals surface area contributed by atoms with E-state index in [0.717, 1.165) is 29.4 Å². The lowest BCUT2D eigenvalue weighted by Gasteiger charge is -2.34. The van der Waals surface area contributed by atoms with E-state index in [1.165, 1.54) is 0 Å². The Morgan fingerprint density at radius 1 is 1.50 bits per heavy atom. The molecule has 0 radical (unpaired) electrons. The van der Waals surface area contributed by atoms with Crippen LogP contribution < -0.4 is 0 Å². The van der Waals surface area contributed by atoms with Crippen LogP contribution in [0.4, 0.5) is 0 Å². The second kappa shape index (κ2) is 5.41. The van der Waals surface area contributed by atoms with Gasteiger partial charge in [-0.3, -0.25) is 4.79 Å². The number of hydrogen-bond donors (Lipinski definition) is 1. The summed E-state index contributed by atoms with van der Waals surface area (Å²) in [6.45, 7) is 2.72. The SMILES string of the molecule is Cc1ccc(C(=O)N(C)CC2CC(O)C2)cc1Br. The maximum atomic E-state index is 12.2. The van der Waals surface area contributed by atoms with E-state index < -0.39 is 0 Å². The fourth-order valence-corrected chi connectivity index (χ4v) is 2.64. The summed E-state index contributed by atoms with van der Waals surface area (Å²) in [5.41, 5.74) is 1.83. The molecule has 18 heavy (non-hydrogen) atoms. The van der Waals surface area contributed by atoms with Gasteiger partial charge < -0.3 is 10.0 Å². The van der Waals surface area contributed by atoms with Gasteiger partial charge in [-0.1, -0.05) is 22.0 Å². The van der Waals surface area contributed by atoms with Crippen LogP contribution in [0.3, 0.4) is 0 Å². The Balaban J connectivity index is 1.99. The van der Waals surface area contributed by atoms with Crippen molar-refractivity contribution in [2.24, 2.45) is 5.92 Å². The Morgan fingerprint density at radius 2 is 2.17 bits per heavy atom. The molecule has 0 heterocycles. The second-order valence-corrected chi connectivity index (χ2v) is 6.00. The Bertz CT molecular complexity index is 455. The van der Waals surface area contributed by atoms with Gasteiger partial charge in [0.2, 0.25) is 0 Å². The highest BCUT2D eigenvalue weighted by molar-refractivity contribution is 9.10. The van der Waals surface area contributed by atoms with Crippen LogP contribution in [0.5, 0.6) is 0 Å². The minimum atomic E-state index is -0.160. The van der Waals surface area contributed by atoms with Crippen molar-refractivity contribution >= 4 is 21.8 Å². The summed E-state index contributed by atoms with van der Waals surface area (Å²) in [5.74, 6) is 0.486. The predicted molar refractivity (Wildman–Crippen MR) is 74.6 cm³/mol. The zero-order valence-electron chi connectivity index (χ0n) is 10.7. The summed E-state index contributed by atoms with van der Waals surface area (Å²) in [6.07, 6.45) is 1.47. The fraction of sp³-hybridized carbons (Fsp3) is 0.500. The molecule has 1 amide bonds. The number of carbonyl (C=O) groups excluding carboxylic acids is 1. The van der Waals surface area contributed by atoms with Crippen molar-refractivity contribution < 1.29 is 9.90 Å². The molecule has 1 fully saturated rings. The average molecular weight is 312 g/mol. The lowest BCUT2D eigenvalue weighted by atomic mass is 9.82. The minimum Gasteiger partial charge on any atom is -0.393 e. The van der Waals surface area contributed by atoms with Gasteiger partial charge in [-0.25, -0.2) is 0 Å². The smallest absolute Gasteiger partial charge is 0.253 e. The van der Waals surface area contributed by atoms with Crippen LogP contribution in [0.25, 0.3) is 0 Å². The van der Waals surface area contributed by atoms with E-state index >= 15 is 0 Å². The van der Waals surface area contributed by atoms with Crippen LogP contribution in [0, 0.1) is 12.8 Å². The molecule has 1 aliphatic rings. The van der Waals surface area contributed by atoms with Crippen LogP contribution in [-0.2, 0) is 0 Å². The molecule has 1 N–H and O–H groups in total. The molecule has 1 aromatic rings. The molecule has 0 aliphatic heterocycles. The zero-order chi connectivity index (χ0) is 13.3. The van der Waals surface area contributed by atoms with Gasteiger partial charge in [-0.2, -0.15) is 0 Å². The van der Waals surface area contributed by atoms with Gasteiger partial charge in [-0.05, 0) is 43.4 Å². The van der Waals surface area contributed by atoms with Crippen LogP contribution in [-0.4, -0.2) is 35.6 Å². The lowest BCUT2D eigenvalue weighted by Crippen LogP contribution is -2.39. The Kier molecular flexibility index (Phi) is 4.07. The van der Waals surface area contributed by atoms with Crippen molar-refractivity contribution in [1.82, 2.24) is 4.90 Å². The minimum absolute atomic E-state index is 0.0390. The number of aryl methyl sites for hydroxylation is 1. The molecule has 1 saturated carbocycles.